The van der Waals surface area contributed by atoms with Gasteiger partial charge < -0.3 is 15.0 Å². The molecule has 0 fully saturated rings. The Morgan fingerprint density at radius 3 is 2.53 bits per heavy atom. The highest BCUT2D eigenvalue weighted by Crippen LogP contribution is 2.16. The van der Waals surface area contributed by atoms with Crippen molar-refractivity contribution in [3.8, 4) is 0 Å². The van der Waals surface area contributed by atoms with Crippen molar-refractivity contribution in [2.75, 3.05) is 24.3 Å². The van der Waals surface area contributed by atoms with Crippen molar-refractivity contribution >= 4 is 21.6 Å². The highest BCUT2D eigenvalue weighted by Gasteiger charge is 2.21. The first-order valence-corrected chi connectivity index (χ1v) is 8.05. The average molecular weight is 289 g/mol. The highest BCUT2D eigenvalue weighted by molar-refractivity contribution is 7.90. The predicted octanol–water partition coefficient (Wildman–Crippen LogP) is 0.249. The molecule has 0 spiro atoms. The Hall–Kier alpha value is -1.57. The van der Waals surface area contributed by atoms with Crippen molar-refractivity contribution in [2.45, 2.75) is 26.8 Å². The van der Waals surface area contributed by atoms with Gasteiger partial charge in [0, 0.05) is 19.2 Å². The predicted molar refractivity (Wildman–Crippen MR) is 71.7 cm³/mol. The van der Waals surface area contributed by atoms with Crippen molar-refractivity contribution < 1.29 is 17.9 Å². The molecule has 0 aliphatic rings. The van der Waals surface area contributed by atoms with E-state index in [1.165, 1.54) is 0 Å². The van der Waals surface area contributed by atoms with E-state index < -0.39 is 15.8 Å². The third-order valence-electron chi connectivity index (χ3n) is 2.56. The summed E-state index contributed by atoms with van der Waals surface area (Å²) < 4.78 is 28.8. The first kappa shape index (κ1) is 15.5. The van der Waals surface area contributed by atoms with Crippen LogP contribution in [0.1, 0.15) is 30.2 Å². The summed E-state index contributed by atoms with van der Waals surface area (Å²) in [6.45, 7) is 3.96. The van der Waals surface area contributed by atoms with E-state index in [0.717, 1.165) is 6.26 Å². The summed E-state index contributed by atoms with van der Waals surface area (Å²) in [7, 11) is -3.11. The molecule has 1 rings (SSSR count). The van der Waals surface area contributed by atoms with E-state index >= 15 is 0 Å². The van der Waals surface area contributed by atoms with Crippen molar-refractivity contribution in [3.63, 3.8) is 0 Å². The molecule has 0 saturated heterocycles. The molecule has 0 atom stereocenters. The fourth-order valence-electron chi connectivity index (χ4n) is 1.64. The van der Waals surface area contributed by atoms with Gasteiger partial charge in [-0.1, -0.05) is 6.92 Å². The molecule has 0 aromatic carbocycles. The number of ether oxygens (including phenoxy) is 1. The molecule has 1 heterocycles. The number of aromatic nitrogens is 2. The van der Waals surface area contributed by atoms with Crippen LogP contribution in [0.25, 0.3) is 0 Å². The SMILES string of the molecule is CCOC(=O)c1nc(CC)n(CCS(C)(=O)=O)c1N. The molecule has 0 aliphatic carbocycles. The molecule has 0 amide bonds. The minimum atomic E-state index is -3.11. The number of hydrogen-bond acceptors (Lipinski definition) is 6. The molecular weight excluding hydrogens is 270 g/mol. The molecule has 8 heteroatoms. The second-order valence-electron chi connectivity index (χ2n) is 4.12. The van der Waals surface area contributed by atoms with E-state index in [1.54, 1.807) is 11.5 Å². The average Bonchev–Trinajstić information content (AvgIpc) is 2.62. The Morgan fingerprint density at radius 1 is 1.42 bits per heavy atom. The minimum absolute atomic E-state index is 0.0483. The number of hydrogen-bond donors (Lipinski definition) is 1. The number of aryl methyl sites for hydroxylation is 1. The third-order valence-corrected chi connectivity index (χ3v) is 3.48. The number of sulfone groups is 1. The summed E-state index contributed by atoms with van der Waals surface area (Å²) >= 11 is 0. The van der Waals surface area contributed by atoms with Crippen LogP contribution in [0, 0.1) is 0 Å². The van der Waals surface area contributed by atoms with Gasteiger partial charge in [0.05, 0.1) is 12.4 Å². The van der Waals surface area contributed by atoms with Gasteiger partial charge in [-0.15, -0.1) is 0 Å². The summed E-state index contributed by atoms with van der Waals surface area (Å²) in [6.07, 6.45) is 1.70. The summed E-state index contributed by atoms with van der Waals surface area (Å²) in [5.41, 5.74) is 5.89. The van der Waals surface area contributed by atoms with Gasteiger partial charge in [-0.2, -0.15) is 0 Å². The Bertz CT molecular complexity index is 563. The maximum absolute atomic E-state index is 11.7. The normalized spacial score (nSPS) is 11.5. The molecule has 1 aromatic heterocycles. The molecule has 0 bridgehead atoms. The van der Waals surface area contributed by atoms with E-state index in [-0.39, 0.29) is 30.4 Å². The molecule has 0 radical (unpaired) electrons. The standard InChI is InChI=1S/C11H19N3O4S/c1-4-8-13-9(11(15)18-5-2)10(12)14(8)6-7-19(3,16)17/h4-7,12H2,1-3H3. The number of rotatable bonds is 6. The zero-order valence-corrected chi connectivity index (χ0v) is 12.2. The van der Waals surface area contributed by atoms with Crippen molar-refractivity contribution in [1.29, 1.82) is 0 Å². The maximum Gasteiger partial charge on any atom is 0.360 e. The summed E-state index contributed by atoms with van der Waals surface area (Å²) in [4.78, 5) is 15.8. The second kappa shape index (κ2) is 6.05. The van der Waals surface area contributed by atoms with E-state index in [2.05, 4.69) is 4.98 Å². The lowest BCUT2D eigenvalue weighted by Crippen LogP contribution is -2.15. The maximum atomic E-state index is 11.7. The van der Waals surface area contributed by atoms with Crippen LogP contribution in [0.2, 0.25) is 0 Å². The molecule has 0 saturated carbocycles. The Labute approximate surface area is 112 Å². The fraction of sp³-hybridized carbons (Fsp3) is 0.636. The van der Waals surface area contributed by atoms with Gasteiger partial charge in [0.2, 0.25) is 0 Å². The number of imidazole rings is 1. The number of anilines is 1. The van der Waals surface area contributed by atoms with Crippen molar-refractivity contribution in [2.24, 2.45) is 0 Å². The summed E-state index contributed by atoms with van der Waals surface area (Å²) in [5, 5.41) is 0. The van der Waals surface area contributed by atoms with Crippen LogP contribution in [0.3, 0.4) is 0 Å². The molecular formula is C11H19N3O4S. The van der Waals surface area contributed by atoms with Crippen LogP contribution in [0.15, 0.2) is 0 Å². The van der Waals surface area contributed by atoms with Crippen molar-refractivity contribution in [3.05, 3.63) is 11.5 Å². The van der Waals surface area contributed by atoms with Crippen molar-refractivity contribution in [1.82, 2.24) is 9.55 Å². The van der Waals surface area contributed by atoms with Gasteiger partial charge in [-0.05, 0) is 6.92 Å². The van der Waals surface area contributed by atoms with Gasteiger partial charge in [-0.3, -0.25) is 0 Å². The fourth-order valence-corrected chi connectivity index (χ4v) is 2.15. The number of nitrogens with zero attached hydrogens (tertiary/aromatic N) is 2. The lowest BCUT2D eigenvalue weighted by Gasteiger charge is -2.07. The number of carbonyl (C=O) groups excluding carboxylic acids is 1. The quantitative estimate of drug-likeness (QED) is 0.753. The molecule has 19 heavy (non-hydrogen) atoms. The van der Waals surface area contributed by atoms with Crippen LogP contribution < -0.4 is 5.73 Å². The van der Waals surface area contributed by atoms with Gasteiger partial charge in [-0.25, -0.2) is 18.2 Å². The smallest absolute Gasteiger partial charge is 0.360 e. The minimum Gasteiger partial charge on any atom is -0.461 e. The molecule has 0 unspecified atom stereocenters. The zero-order valence-electron chi connectivity index (χ0n) is 11.3. The molecule has 7 nitrogen and oxygen atoms in total. The van der Waals surface area contributed by atoms with Crippen LogP contribution in [-0.2, 0) is 27.5 Å². The van der Waals surface area contributed by atoms with Crippen LogP contribution in [-0.4, -0.2) is 42.6 Å². The van der Waals surface area contributed by atoms with Crippen LogP contribution in [0.4, 0.5) is 5.82 Å². The molecule has 108 valence electrons. The third kappa shape index (κ3) is 3.95. The Morgan fingerprint density at radius 2 is 2.05 bits per heavy atom. The molecule has 2 N–H and O–H groups in total. The van der Waals surface area contributed by atoms with Gasteiger partial charge in [0.15, 0.2) is 5.69 Å². The van der Waals surface area contributed by atoms with E-state index in [4.69, 9.17) is 10.5 Å². The van der Waals surface area contributed by atoms with Gasteiger partial charge in [0.25, 0.3) is 0 Å². The monoisotopic (exact) mass is 289 g/mol. The molecule has 0 aliphatic heterocycles. The Balaban J connectivity index is 3.06. The topological polar surface area (TPSA) is 104 Å². The number of esters is 1. The van der Waals surface area contributed by atoms with Crippen LogP contribution >= 0.6 is 0 Å². The Kier molecular flexibility index (Phi) is 4.93. The first-order valence-electron chi connectivity index (χ1n) is 5.99. The number of carbonyl (C=O) groups is 1. The highest BCUT2D eigenvalue weighted by atomic mass is 32.2. The molecule has 1 aromatic rings. The lowest BCUT2D eigenvalue weighted by atomic mass is 10.4. The first-order chi connectivity index (χ1) is 8.80. The lowest BCUT2D eigenvalue weighted by molar-refractivity contribution is 0.0521. The van der Waals surface area contributed by atoms with Gasteiger partial charge >= 0.3 is 5.97 Å². The number of nitrogens with two attached hydrogens (primary N) is 1. The summed E-state index contributed by atoms with van der Waals surface area (Å²) in [5.74, 6) is 0.0824. The zero-order chi connectivity index (χ0) is 14.6. The van der Waals surface area contributed by atoms with E-state index in [9.17, 15) is 13.2 Å². The van der Waals surface area contributed by atoms with E-state index in [1.807, 2.05) is 6.92 Å². The largest absolute Gasteiger partial charge is 0.461 e. The summed E-state index contributed by atoms with van der Waals surface area (Å²) in [6, 6.07) is 0. The van der Waals surface area contributed by atoms with E-state index in [0.29, 0.717) is 12.2 Å². The number of nitrogen functional groups attached to an aromatic ring is 1. The van der Waals surface area contributed by atoms with Crippen LogP contribution in [0.5, 0.6) is 0 Å². The van der Waals surface area contributed by atoms with Gasteiger partial charge in [0.1, 0.15) is 21.5 Å². The second-order valence-corrected chi connectivity index (χ2v) is 6.38.